The first-order valence-electron chi connectivity index (χ1n) is 5.72. The van der Waals surface area contributed by atoms with E-state index in [4.69, 9.17) is 5.73 Å². The zero-order valence-electron chi connectivity index (χ0n) is 9.87. The number of imidazole rings is 1. The molecule has 3 aromatic rings. The molecule has 2 heterocycles. The van der Waals surface area contributed by atoms with Crippen molar-refractivity contribution in [3.8, 4) is 11.3 Å². The van der Waals surface area contributed by atoms with Crippen LogP contribution in [0.5, 0.6) is 0 Å². The summed E-state index contributed by atoms with van der Waals surface area (Å²) in [6.07, 6.45) is 3.55. The fourth-order valence-corrected chi connectivity index (χ4v) is 2.02. The van der Waals surface area contributed by atoms with Gasteiger partial charge in [-0.25, -0.2) is 9.37 Å². The maximum absolute atomic E-state index is 13.3. The fourth-order valence-electron chi connectivity index (χ4n) is 2.02. The molecule has 0 bridgehead atoms. The quantitative estimate of drug-likeness (QED) is 0.648. The van der Waals surface area contributed by atoms with Gasteiger partial charge in [0.1, 0.15) is 11.6 Å². The summed E-state index contributed by atoms with van der Waals surface area (Å²) in [6, 6.07) is 4.51. The van der Waals surface area contributed by atoms with Crippen LogP contribution in [0.3, 0.4) is 0 Å². The maximum Gasteiger partial charge on any atom is 0.123 e. The highest BCUT2D eigenvalue weighted by Gasteiger charge is 2.11. The summed E-state index contributed by atoms with van der Waals surface area (Å²) in [6.45, 7) is 1.86. The van der Waals surface area contributed by atoms with Crippen molar-refractivity contribution in [1.82, 2.24) is 15.0 Å². The van der Waals surface area contributed by atoms with Crippen molar-refractivity contribution in [2.45, 2.75) is 13.0 Å². The summed E-state index contributed by atoms with van der Waals surface area (Å²) in [5, 5.41) is 0.829. The van der Waals surface area contributed by atoms with Gasteiger partial charge in [-0.3, -0.25) is 0 Å². The second kappa shape index (κ2) is 3.96. The van der Waals surface area contributed by atoms with Crippen molar-refractivity contribution in [1.29, 1.82) is 0 Å². The monoisotopic (exact) mass is 244 g/mol. The Kier molecular flexibility index (Phi) is 2.41. The summed E-state index contributed by atoms with van der Waals surface area (Å²) in [5.41, 5.74) is 8.37. The summed E-state index contributed by atoms with van der Waals surface area (Å²) in [4.78, 5) is 10.5. The molecule has 0 saturated carbocycles. The van der Waals surface area contributed by atoms with Crippen molar-refractivity contribution in [2.75, 3.05) is 0 Å². The van der Waals surface area contributed by atoms with Gasteiger partial charge < -0.3 is 15.7 Å². The van der Waals surface area contributed by atoms with Crippen LogP contribution in [0, 0.1) is 5.82 Å². The molecule has 0 aliphatic carbocycles. The van der Waals surface area contributed by atoms with E-state index in [1.807, 2.05) is 13.1 Å². The number of aromatic nitrogens is 3. The Morgan fingerprint density at radius 2 is 2.22 bits per heavy atom. The number of fused-ring (bicyclic) bond motifs is 1. The number of H-pyrrole nitrogens is 2. The van der Waals surface area contributed by atoms with E-state index in [1.54, 1.807) is 12.3 Å². The highest BCUT2D eigenvalue weighted by atomic mass is 19.1. The molecule has 0 unspecified atom stereocenters. The van der Waals surface area contributed by atoms with Crippen molar-refractivity contribution in [3.05, 3.63) is 42.2 Å². The van der Waals surface area contributed by atoms with Crippen LogP contribution in [-0.4, -0.2) is 15.0 Å². The fraction of sp³-hybridized carbons (Fsp3) is 0.154. The average Bonchev–Trinajstić information content (AvgIpc) is 2.93. The molecular formula is C13H13FN4. The molecule has 1 aromatic carbocycles. The SMILES string of the molecule is C[C@H](N)c1ncc(-c2c[nH]c3ccc(F)cc23)[nH]1. The van der Waals surface area contributed by atoms with Crippen molar-refractivity contribution in [3.63, 3.8) is 0 Å². The summed E-state index contributed by atoms with van der Waals surface area (Å²) in [7, 11) is 0. The Morgan fingerprint density at radius 3 is 2.94 bits per heavy atom. The van der Waals surface area contributed by atoms with Gasteiger partial charge in [0.25, 0.3) is 0 Å². The van der Waals surface area contributed by atoms with E-state index in [9.17, 15) is 4.39 Å². The Bertz CT molecular complexity index is 696. The first-order chi connectivity index (χ1) is 8.65. The zero-order valence-corrected chi connectivity index (χ0v) is 9.87. The van der Waals surface area contributed by atoms with Crippen molar-refractivity contribution in [2.24, 2.45) is 5.73 Å². The molecule has 5 heteroatoms. The van der Waals surface area contributed by atoms with E-state index in [0.717, 1.165) is 28.0 Å². The topological polar surface area (TPSA) is 70.5 Å². The van der Waals surface area contributed by atoms with Gasteiger partial charge in [-0.2, -0.15) is 0 Å². The number of benzene rings is 1. The predicted octanol–water partition coefficient (Wildman–Crippen LogP) is 2.72. The average molecular weight is 244 g/mol. The van der Waals surface area contributed by atoms with Crippen LogP contribution in [-0.2, 0) is 0 Å². The highest BCUT2D eigenvalue weighted by Crippen LogP contribution is 2.28. The van der Waals surface area contributed by atoms with Crippen LogP contribution in [0.1, 0.15) is 18.8 Å². The number of halogens is 1. The summed E-state index contributed by atoms with van der Waals surface area (Å²) in [5.74, 6) is 0.464. The van der Waals surface area contributed by atoms with Gasteiger partial charge in [0.2, 0.25) is 0 Å². The van der Waals surface area contributed by atoms with Crippen LogP contribution >= 0.6 is 0 Å². The molecule has 18 heavy (non-hydrogen) atoms. The van der Waals surface area contributed by atoms with E-state index in [1.165, 1.54) is 12.1 Å². The molecule has 0 aliphatic heterocycles. The summed E-state index contributed by atoms with van der Waals surface area (Å²) < 4.78 is 13.3. The second-order valence-corrected chi connectivity index (χ2v) is 4.36. The van der Waals surface area contributed by atoms with Gasteiger partial charge >= 0.3 is 0 Å². The van der Waals surface area contributed by atoms with Gasteiger partial charge in [-0.1, -0.05) is 0 Å². The minimum Gasteiger partial charge on any atom is -0.360 e. The number of nitrogens with two attached hydrogens (primary N) is 1. The number of hydrogen-bond donors (Lipinski definition) is 3. The maximum atomic E-state index is 13.3. The molecule has 4 nitrogen and oxygen atoms in total. The van der Waals surface area contributed by atoms with E-state index < -0.39 is 0 Å². The van der Waals surface area contributed by atoms with E-state index in [0.29, 0.717) is 0 Å². The van der Waals surface area contributed by atoms with Crippen LogP contribution < -0.4 is 5.73 Å². The second-order valence-electron chi connectivity index (χ2n) is 4.36. The zero-order chi connectivity index (χ0) is 12.7. The number of rotatable bonds is 2. The lowest BCUT2D eigenvalue weighted by Crippen LogP contribution is -2.06. The largest absolute Gasteiger partial charge is 0.360 e. The standard InChI is InChI=1S/C13H13FN4/c1-7(15)13-17-6-12(18-13)10-5-16-11-3-2-8(14)4-9(10)11/h2-7,16H,15H2,1H3,(H,17,18)/t7-/m0/s1. The molecule has 0 fully saturated rings. The van der Waals surface area contributed by atoms with Crippen LogP contribution in [0.15, 0.2) is 30.6 Å². The number of hydrogen-bond acceptors (Lipinski definition) is 2. The first kappa shape index (κ1) is 11.0. The third kappa shape index (κ3) is 1.69. The number of nitrogens with zero attached hydrogens (tertiary/aromatic N) is 1. The number of aromatic amines is 2. The molecule has 1 atom stereocenters. The third-order valence-corrected chi connectivity index (χ3v) is 2.96. The lowest BCUT2D eigenvalue weighted by molar-refractivity contribution is 0.630. The van der Waals surface area contributed by atoms with E-state index in [-0.39, 0.29) is 11.9 Å². The molecule has 0 amide bonds. The Hall–Kier alpha value is -2.14. The Labute approximate surface area is 103 Å². The molecule has 0 spiro atoms. The smallest absolute Gasteiger partial charge is 0.123 e. The molecular weight excluding hydrogens is 231 g/mol. The minimum atomic E-state index is -0.254. The van der Waals surface area contributed by atoms with Gasteiger partial charge in [-0.05, 0) is 25.1 Å². The van der Waals surface area contributed by atoms with E-state index >= 15 is 0 Å². The highest BCUT2D eigenvalue weighted by molar-refractivity contribution is 5.94. The molecule has 92 valence electrons. The molecule has 0 saturated heterocycles. The lowest BCUT2D eigenvalue weighted by atomic mass is 10.1. The predicted molar refractivity (Wildman–Crippen MR) is 68.4 cm³/mol. The lowest BCUT2D eigenvalue weighted by Gasteiger charge is -1.99. The molecule has 0 aliphatic rings. The van der Waals surface area contributed by atoms with Gasteiger partial charge in [0.05, 0.1) is 17.9 Å². The molecule has 0 radical (unpaired) electrons. The third-order valence-electron chi connectivity index (χ3n) is 2.96. The van der Waals surface area contributed by atoms with E-state index in [2.05, 4.69) is 15.0 Å². The van der Waals surface area contributed by atoms with Crippen molar-refractivity contribution >= 4 is 10.9 Å². The first-order valence-corrected chi connectivity index (χ1v) is 5.72. The van der Waals surface area contributed by atoms with Crippen molar-refractivity contribution < 1.29 is 4.39 Å². The van der Waals surface area contributed by atoms with Crippen LogP contribution in [0.25, 0.3) is 22.2 Å². The Balaban J connectivity index is 2.15. The minimum absolute atomic E-state index is 0.152. The van der Waals surface area contributed by atoms with Crippen LogP contribution in [0.2, 0.25) is 0 Å². The molecule has 3 rings (SSSR count). The summed E-state index contributed by atoms with van der Waals surface area (Å²) >= 11 is 0. The molecule has 2 aromatic heterocycles. The molecule has 4 N–H and O–H groups in total. The normalized spacial score (nSPS) is 13.1. The number of nitrogens with one attached hydrogen (secondary N) is 2. The Morgan fingerprint density at radius 1 is 1.39 bits per heavy atom. The van der Waals surface area contributed by atoms with Gasteiger partial charge in [0.15, 0.2) is 0 Å². The van der Waals surface area contributed by atoms with Crippen LogP contribution in [0.4, 0.5) is 4.39 Å². The van der Waals surface area contributed by atoms with Gasteiger partial charge in [-0.15, -0.1) is 0 Å². The van der Waals surface area contributed by atoms with Gasteiger partial charge in [0, 0.05) is 22.7 Å².